The van der Waals surface area contributed by atoms with Crippen molar-refractivity contribution in [1.29, 1.82) is 10.5 Å². The normalized spacial score (nSPS) is 11.5. The van der Waals surface area contributed by atoms with Crippen molar-refractivity contribution in [1.82, 2.24) is 9.55 Å². The molecule has 0 N–H and O–H groups in total. The Kier molecular flexibility index (Phi) is 6.51. The summed E-state index contributed by atoms with van der Waals surface area (Å²) in [7, 11) is 1.83. The average Bonchev–Trinajstić information content (AvgIpc) is 3.25. The second-order valence-corrected chi connectivity index (χ2v) is 7.90. The molecule has 0 spiro atoms. The van der Waals surface area contributed by atoms with E-state index in [2.05, 4.69) is 11.1 Å². The fourth-order valence-electron chi connectivity index (χ4n) is 3.63. The van der Waals surface area contributed by atoms with Crippen LogP contribution in [0.15, 0.2) is 73.2 Å². The van der Waals surface area contributed by atoms with Crippen LogP contribution in [0.25, 0.3) is 11.1 Å². The van der Waals surface area contributed by atoms with Gasteiger partial charge in [-0.15, -0.1) is 0 Å². The molecule has 0 aliphatic rings. The number of rotatable bonds is 6. The highest BCUT2D eigenvalue weighted by atomic mass is 35.5. The van der Waals surface area contributed by atoms with Gasteiger partial charge in [-0.3, -0.25) is 0 Å². The van der Waals surface area contributed by atoms with Crippen molar-refractivity contribution >= 4 is 11.6 Å². The van der Waals surface area contributed by atoms with Crippen LogP contribution in [0.3, 0.4) is 0 Å². The zero-order chi connectivity index (χ0) is 23.4. The highest BCUT2D eigenvalue weighted by Gasteiger charge is 2.21. The predicted octanol–water partition coefficient (Wildman–Crippen LogP) is 5.93. The third kappa shape index (κ3) is 4.78. The van der Waals surface area contributed by atoms with E-state index in [1.807, 2.05) is 37.4 Å². The molecule has 0 saturated heterocycles. The van der Waals surface area contributed by atoms with Gasteiger partial charge in [0, 0.05) is 12.1 Å². The maximum Gasteiger partial charge on any atom is 0.141 e. The zero-order valence-electron chi connectivity index (χ0n) is 17.7. The number of halogens is 2. The number of benzene rings is 3. The molecule has 4 rings (SSSR count). The van der Waals surface area contributed by atoms with Gasteiger partial charge in [0.2, 0.25) is 0 Å². The van der Waals surface area contributed by atoms with Gasteiger partial charge in [0.05, 0.1) is 42.0 Å². The van der Waals surface area contributed by atoms with Gasteiger partial charge in [-0.25, -0.2) is 9.37 Å². The first-order chi connectivity index (χ1) is 16.0. The highest BCUT2D eigenvalue weighted by molar-refractivity contribution is 6.30. The summed E-state index contributed by atoms with van der Waals surface area (Å²) in [5.74, 6) is -0.608. The molecule has 7 heteroatoms. The lowest BCUT2D eigenvalue weighted by atomic mass is 9.97. The Morgan fingerprint density at radius 1 is 1.09 bits per heavy atom. The molecule has 0 aliphatic heterocycles. The fraction of sp³-hybridized carbons (Fsp3) is 0.115. The van der Waals surface area contributed by atoms with E-state index in [0.29, 0.717) is 16.1 Å². The molecule has 1 aromatic heterocycles. The minimum absolute atomic E-state index is 0.0298. The van der Waals surface area contributed by atoms with E-state index in [-0.39, 0.29) is 12.2 Å². The Bertz CT molecular complexity index is 1400. The van der Waals surface area contributed by atoms with E-state index >= 15 is 0 Å². The molecule has 162 valence electrons. The molecule has 33 heavy (non-hydrogen) atoms. The van der Waals surface area contributed by atoms with E-state index in [1.54, 1.807) is 41.4 Å². The third-order valence-electron chi connectivity index (χ3n) is 5.32. The lowest BCUT2D eigenvalue weighted by molar-refractivity contribution is 0.0622. The fourth-order valence-corrected chi connectivity index (χ4v) is 3.82. The minimum atomic E-state index is -0.623. The summed E-state index contributed by atoms with van der Waals surface area (Å²) in [6.45, 7) is 0.186. The molecule has 0 radical (unpaired) electrons. The number of aromatic nitrogens is 2. The average molecular weight is 457 g/mol. The summed E-state index contributed by atoms with van der Waals surface area (Å²) in [6.07, 6.45) is 2.69. The van der Waals surface area contributed by atoms with E-state index < -0.39 is 11.9 Å². The molecular weight excluding hydrogens is 439 g/mol. The van der Waals surface area contributed by atoms with E-state index in [4.69, 9.17) is 21.6 Å². The SMILES string of the molecule is Cn1cncc1C(OCc1ccc(C#N)cc1-c1cccc(Cl)c1)c1ccc(C#N)c(F)c1. The molecule has 1 atom stereocenters. The molecule has 0 saturated carbocycles. The molecule has 1 unspecified atom stereocenters. The first kappa shape index (κ1) is 22.2. The van der Waals surface area contributed by atoms with Crippen LogP contribution >= 0.6 is 11.6 Å². The van der Waals surface area contributed by atoms with Crippen molar-refractivity contribution in [3.05, 3.63) is 112 Å². The van der Waals surface area contributed by atoms with Crippen molar-refractivity contribution in [2.45, 2.75) is 12.7 Å². The van der Waals surface area contributed by atoms with Crippen molar-refractivity contribution in [3.63, 3.8) is 0 Å². The number of nitriles is 2. The van der Waals surface area contributed by atoms with Gasteiger partial charge < -0.3 is 9.30 Å². The minimum Gasteiger partial charge on any atom is -0.362 e. The molecule has 3 aromatic carbocycles. The van der Waals surface area contributed by atoms with Crippen LogP contribution in [-0.2, 0) is 18.4 Å². The quantitative estimate of drug-likeness (QED) is 0.360. The van der Waals surface area contributed by atoms with Crippen LogP contribution in [0.5, 0.6) is 0 Å². The topological polar surface area (TPSA) is 74.6 Å². The molecule has 4 aromatic rings. The Morgan fingerprint density at radius 2 is 1.94 bits per heavy atom. The Labute approximate surface area is 195 Å². The summed E-state index contributed by atoms with van der Waals surface area (Å²) in [6, 6.07) is 21.2. The van der Waals surface area contributed by atoms with Gasteiger partial charge in [-0.2, -0.15) is 10.5 Å². The van der Waals surface area contributed by atoms with Crippen LogP contribution < -0.4 is 0 Å². The number of hydrogen-bond acceptors (Lipinski definition) is 4. The maximum absolute atomic E-state index is 14.4. The van der Waals surface area contributed by atoms with Crippen molar-refractivity contribution in [2.75, 3.05) is 0 Å². The molecule has 1 heterocycles. The van der Waals surface area contributed by atoms with Gasteiger partial charge in [0.15, 0.2) is 0 Å². The second-order valence-electron chi connectivity index (χ2n) is 7.47. The van der Waals surface area contributed by atoms with Crippen LogP contribution in [0.1, 0.15) is 34.1 Å². The van der Waals surface area contributed by atoms with Crippen LogP contribution in [0.2, 0.25) is 5.02 Å². The molecule has 0 aliphatic carbocycles. The third-order valence-corrected chi connectivity index (χ3v) is 5.55. The van der Waals surface area contributed by atoms with Crippen molar-refractivity contribution in [2.24, 2.45) is 7.05 Å². The van der Waals surface area contributed by atoms with Gasteiger partial charge in [0.1, 0.15) is 18.0 Å². The van der Waals surface area contributed by atoms with Gasteiger partial charge in [0.25, 0.3) is 0 Å². The van der Waals surface area contributed by atoms with E-state index in [1.165, 1.54) is 12.1 Å². The Balaban J connectivity index is 1.72. The first-order valence-electron chi connectivity index (χ1n) is 10.1. The van der Waals surface area contributed by atoms with Crippen LogP contribution in [0.4, 0.5) is 4.39 Å². The van der Waals surface area contributed by atoms with Gasteiger partial charge in [-0.05, 0) is 58.7 Å². The van der Waals surface area contributed by atoms with E-state index in [0.717, 1.165) is 22.4 Å². The molecular formula is C26H18ClFN4O. The molecule has 5 nitrogen and oxygen atoms in total. The summed E-state index contributed by atoms with van der Waals surface area (Å²) in [4.78, 5) is 4.16. The predicted molar refractivity (Wildman–Crippen MR) is 123 cm³/mol. The number of ether oxygens (including phenoxy) is 1. The van der Waals surface area contributed by atoms with Crippen LogP contribution in [-0.4, -0.2) is 9.55 Å². The number of hydrogen-bond donors (Lipinski definition) is 0. The Hall–Kier alpha value is -3.97. The standard InChI is InChI=1S/C26H18ClFN4O/c1-32-16-31-14-25(32)26(19-7-8-20(13-30)24(28)11-19)33-15-21-6-5-17(12-29)9-23(21)18-3-2-4-22(27)10-18/h2-11,14,16,26H,15H2,1H3. The summed E-state index contributed by atoms with van der Waals surface area (Å²) >= 11 is 6.19. The number of nitrogens with zero attached hydrogens (tertiary/aromatic N) is 4. The number of imidazole rings is 1. The molecule has 0 bridgehead atoms. The first-order valence-corrected chi connectivity index (χ1v) is 10.4. The largest absolute Gasteiger partial charge is 0.362 e. The summed E-state index contributed by atoms with van der Waals surface area (Å²) < 4.78 is 22.5. The van der Waals surface area contributed by atoms with Gasteiger partial charge in [-0.1, -0.05) is 35.9 Å². The van der Waals surface area contributed by atoms with E-state index in [9.17, 15) is 9.65 Å². The highest BCUT2D eigenvalue weighted by Crippen LogP contribution is 2.32. The van der Waals surface area contributed by atoms with Crippen molar-refractivity contribution < 1.29 is 9.13 Å². The molecule has 0 amide bonds. The second kappa shape index (κ2) is 9.67. The lowest BCUT2D eigenvalue weighted by Crippen LogP contribution is -2.11. The number of aryl methyl sites for hydroxylation is 1. The zero-order valence-corrected chi connectivity index (χ0v) is 18.4. The lowest BCUT2D eigenvalue weighted by Gasteiger charge is -2.20. The van der Waals surface area contributed by atoms with Gasteiger partial charge >= 0.3 is 0 Å². The Morgan fingerprint density at radius 3 is 2.61 bits per heavy atom. The molecule has 0 fully saturated rings. The summed E-state index contributed by atoms with van der Waals surface area (Å²) in [5, 5.41) is 19.0. The van der Waals surface area contributed by atoms with Crippen LogP contribution in [0, 0.1) is 28.5 Å². The smallest absolute Gasteiger partial charge is 0.141 e. The maximum atomic E-state index is 14.4. The summed E-state index contributed by atoms with van der Waals surface area (Å²) in [5.41, 5.74) is 4.32. The monoisotopic (exact) mass is 456 g/mol. The van der Waals surface area contributed by atoms with Crippen molar-refractivity contribution in [3.8, 4) is 23.3 Å².